The van der Waals surface area contributed by atoms with Crippen LogP contribution in [-0.2, 0) is 0 Å². The summed E-state index contributed by atoms with van der Waals surface area (Å²) in [5.41, 5.74) is 3.06. The average molecular weight is 459 g/mol. The third-order valence-corrected chi connectivity index (χ3v) is 5.90. The van der Waals surface area contributed by atoms with Crippen LogP contribution in [0.1, 0.15) is 5.56 Å². The minimum absolute atomic E-state index is 0.279. The summed E-state index contributed by atoms with van der Waals surface area (Å²) in [6, 6.07) is 9.13. The second kappa shape index (κ2) is 8.38. The van der Waals surface area contributed by atoms with E-state index in [9.17, 15) is 4.39 Å². The molecule has 2 aliphatic rings. The topological polar surface area (TPSA) is 97.3 Å². The number of piperazine rings is 1. The van der Waals surface area contributed by atoms with Crippen molar-refractivity contribution in [2.75, 3.05) is 36.5 Å². The van der Waals surface area contributed by atoms with E-state index < -0.39 is 5.82 Å². The Balaban J connectivity index is 1.30. The van der Waals surface area contributed by atoms with Crippen molar-refractivity contribution in [3.8, 4) is 17.2 Å². The van der Waals surface area contributed by atoms with Gasteiger partial charge in [0.05, 0.1) is 24.0 Å². The van der Waals surface area contributed by atoms with Gasteiger partial charge in [0.1, 0.15) is 35.8 Å². The van der Waals surface area contributed by atoms with Gasteiger partial charge < -0.3 is 25.0 Å². The Morgan fingerprint density at radius 2 is 2.15 bits per heavy atom. The molecule has 0 spiro atoms. The van der Waals surface area contributed by atoms with Crippen molar-refractivity contribution >= 4 is 28.4 Å². The Bertz CT molecular complexity index is 1380. The first-order chi connectivity index (χ1) is 16.6. The summed E-state index contributed by atoms with van der Waals surface area (Å²) in [6.07, 6.45) is 4.12. The third-order valence-electron chi connectivity index (χ3n) is 5.90. The number of rotatable bonds is 4. The molecule has 172 valence electrons. The molecule has 9 nitrogen and oxygen atoms in total. The number of benzene rings is 1. The van der Waals surface area contributed by atoms with Crippen LogP contribution in [-0.4, -0.2) is 52.2 Å². The number of aryl methyl sites for hydroxylation is 1. The quantitative estimate of drug-likeness (QED) is 0.475. The van der Waals surface area contributed by atoms with Crippen LogP contribution in [0.2, 0.25) is 0 Å². The molecule has 6 rings (SSSR count). The van der Waals surface area contributed by atoms with Crippen molar-refractivity contribution in [1.29, 1.82) is 0 Å². The van der Waals surface area contributed by atoms with Crippen molar-refractivity contribution in [3.05, 3.63) is 60.4 Å². The molecule has 0 amide bonds. The molecule has 2 aliphatic heterocycles. The fourth-order valence-corrected chi connectivity index (χ4v) is 4.26. The number of nitrogens with one attached hydrogen (secondary N) is 2. The zero-order valence-corrected chi connectivity index (χ0v) is 18.5. The zero-order chi connectivity index (χ0) is 23.1. The number of aromatic nitrogens is 4. The SMILES string of the molecule is Cc1cc(Nc2ncnc3cc4c(nc23)N2CCNC(CO4)C2)ccc1Oc1cncc(F)c1. The van der Waals surface area contributed by atoms with Crippen LogP contribution in [0.4, 0.5) is 21.7 Å². The average Bonchev–Trinajstić information content (AvgIpc) is 2.95. The molecular weight excluding hydrogens is 437 g/mol. The van der Waals surface area contributed by atoms with Crippen LogP contribution < -0.4 is 25.0 Å². The highest BCUT2D eigenvalue weighted by Gasteiger charge is 2.28. The first-order valence-corrected chi connectivity index (χ1v) is 11.1. The molecule has 1 fully saturated rings. The molecule has 10 heteroatoms. The predicted molar refractivity (Wildman–Crippen MR) is 126 cm³/mol. The molecule has 0 saturated carbocycles. The lowest BCUT2D eigenvalue weighted by molar-refractivity contribution is 0.271. The van der Waals surface area contributed by atoms with Gasteiger partial charge in [0, 0.05) is 37.5 Å². The summed E-state index contributed by atoms with van der Waals surface area (Å²) >= 11 is 0. The second-order valence-electron chi connectivity index (χ2n) is 8.35. The molecule has 5 heterocycles. The van der Waals surface area contributed by atoms with Gasteiger partial charge in [0.2, 0.25) is 0 Å². The molecular formula is C24H22FN7O2. The number of halogens is 1. The van der Waals surface area contributed by atoms with E-state index in [-0.39, 0.29) is 6.04 Å². The van der Waals surface area contributed by atoms with Crippen molar-refractivity contribution in [3.63, 3.8) is 0 Å². The number of hydrogen-bond acceptors (Lipinski definition) is 9. The van der Waals surface area contributed by atoms with E-state index in [0.29, 0.717) is 35.0 Å². The molecule has 1 atom stereocenters. The standard InChI is InChI=1S/C24H22FN7O2/c1-14-6-16(2-3-20(14)34-18-7-15(25)9-26-10-18)30-23-22-19(28-13-29-23)8-21-24(31-22)32-5-4-27-17(11-32)12-33-21/h2-3,6-10,13,17,27H,4-5,11-12H2,1H3,(H,28,29,30). The largest absolute Gasteiger partial charge is 0.488 e. The van der Waals surface area contributed by atoms with Gasteiger partial charge in [-0.3, -0.25) is 4.98 Å². The van der Waals surface area contributed by atoms with Crippen molar-refractivity contribution in [2.45, 2.75) is 13.0 Å². The number of pyridine rings is 2. The highest BCUT2D eigenvalue weighted by molar-refractivity contribution is 5.90. The Kier molecular flexibility index (Phi) is 5.06. The molecule has 1 saturated heterocycles. The Morgan fingerprint density at radius 1 is 1.21 bits per heavy atom. The number of fused-ring (bicyclic) bond motifs is 5. The first-order valence-electron chi connectivity index (χ1n) is 11.1. The van der Waals surface area contributed by atoms with Crippen molar-refractivity contribution in [2.24, 2.45) is 0 Å². The van der Waals surface area contributed by atoms with Gasteiger partial charge in [-0.05, 0) is 30.7 Å². The minimum atomic E-state index is -0.448. The molecule has 1 unspecified atom stereocenters. The number of ether oxygens (including phenoxy) is 2. The van der Waals surface area contributed by atoms with Crippen LogP contribution >= 0.6 is 0 Å². The van der Waals surface area contributed by atoms with E-state index >= 15 is 0 Å². The van der Waals surface area contributed by atoms with Gasteiger partial charge in [0.15, 0.2) is 17.4 Å². The molecule has 3 aromatic heterocycles. The van der Waals surface area contributed by atoms with Crippen LogP contribution in [0.3, 0.4) is 0 Å². The molecule has 1 aromatic carbocycles. The van der Waals surface area contributed by atoms with Gasteiger partial charge in [-0.2, -0.15) is 0 Å². The van der Waals surface area contributed by atoms with E-state index in [1.807, 2.05) is 31.2 Å². The van der Waals surface area contributed by atoms with E-state index in [4.69, 9.17) is 14.5 Å². The summed E-state index contributed by atoms with van der Waals surface area (Å²) in [6.45, 7) is 5.13. The number of hydrogen-bond donors (Lipinski definition) is 2. The maximum Gasteiger partial charge on any atom is 0.172 e. The molecule has 34 heavy (non-hydrogen) atoms. The fourth-order valence-electron chi connectivity index (χ4n) is 4.26. The summed E-state index contributed by atoms with van der Waals surface area (Å²) < 4.78 is 25.2. The summed E-state index contributed by atoms with van der Waals surface area (Å²) in [5.74, 6) is 2.67. The Labute approximate surface area is 195 Å². The fraction of sp³-hybridized carbons (Fsp3) is 0.250. The van der Waals surface area contributed by atoms with Crippen LogP contribution in [0.5, 0.6) is 17.2 Å². The van der Waals surface area contributed by atoms with E-state index in [2.05, 4.69) is 30.5 Å². The van der Waals surface area contributed by atoms with Crippen molar-refractivity contribution < 1.29 is 13.9 Å². The van der Waals surface area contributed by atoms with E-state index in [1.165, 1.54) is 18.6 Å². The molecule has 0 aliphatic carbocycles. The summed E-state index contributed by atoms with van der Waals surface area (Å²) in [4.78, 5) is 19.8. The lowest BCUT2D eigenvalue weighted by Gasteiger charge is -2.31. The third kappa shape index (κ3) is 3.92. The van der Waals surface area contributed by atoms with E-state index in [1.54, 1.807) is 0 Å². The maximum absolute atomic E-state index is 13.4. The smallest absolute Gasteiger partial charge is 0.172 e. The summed E-state index contributed by atoms with van der Waals surface area (Å²) in [5, 5.41) is 6.82. The summed E-state index contributed by atoms with van der Waals surface area (Å²) in [7, 11) is 0. The van der Waals surface area contributed by atoms with Gasteiger partial charge in [-0.25, -0.2) is 19.3 Å². The molecule has 2 N–H and O–H groups in total. The minimum Gasteiger partial charge on any atom is -0.488 e. The van der Waals surface area contributed by atoms with Crippen molar-refractivity contribution in [1.82, 2.24) is 25.3 Å². The zero-order valence-electron chi connectivity index (χ0n) is 18.5. The van der Waals surface area contributed by atoms with Crippen LogP contribution in [0.15, 0.2) is 49.1 Å². The lowest BCUT2D eigenvalue weighted by atomic mass is 10.2. The highest BCUT2D eigenvalue weighted by Crippen LogP contribution is 2.35. The predicted octanol–water partition coefficient (Wildman–Crippen LogP) is 3.57. The van der Waals surface area contributed by atoms with E-state index in [0.717, 1.165) is 48.6 Å². The highest BCUT2D eigenvalue weighted by atomic mass is 19.1. The molecule has 4 aromatic rings. The van der Waals surface area contributed by atoms with Gasteiger partial charge in [-0.15, -0.1) is 0 Å². The second-order valence-corrected chi connectivity index (χ2v) is 8.35. The molecule has 2 bridgehead atoms. The Morgan fingerprint density at radius 3 is 3.03 bits per heavy atom. The Hall–Kier alpha value is -4.05. The van der Waals surface area contributed by atoms with Gasteiger partial charge >= 0.3 is 0 Å². The lowest BCUT2D eigenvalue weighted by Crippen LogP contribution is -2.51. The van der Waals surface area contributed by atoms with Crippen LogP contribution in [0, 0.1) is 12.7 Å². The van der Waals surface area contributed by atoms with Gasteiger partial charge in [-0.1, -0.05) is 0 Å². The monoisotopic (exact) mass is 459 g/mol. The van der Waals surface area contributed by atoms with Gasteiger partial charge in [0.25, 0.3) is 0 Å². The number of anilines is 3. The number of nitrogens with zero attached hydrogens (tertiary/aromatic N) is 5. The first kappa shape index (κ1) is 20.5. The maximum atomic E-state index is 13.4. The molecule has 0 radical (unpaired) electrons. The normalized spacial score (nSPS) is 17.0. The van der Waals surface area contributed by atoms with Crippen LogP contribution in [0.25, 0.3) is 11.0 Å².